The van der Waals surface area contributed by atoms with Crippen LogP contribution in [-0.4, -0.2) is 16.1 Å². The molecule has 0 rings (SSSR count). The van der Waals surface area contributed by atoms with E-state index in [1.807, 2.05) is 0 Å². The Labute approximate surface area is 80.2 Å². The second-order valence-electron chi connectivity index (χ2n) is 2.39. The Hall–Kier alpha value is -0.480. The number of carbonyl (C=O) groups is 2. The van der Waals surface area contributed by atoms with Gasteiger partial charge in [-0.3, -0.25) is 9.59 Å². The molecule has 2 amide bonds. The van der Waals surface area contributed by atoms with Crippen molar-refractivity contribution in [2.45, 2.75) is 23.6 Å². The fraction of sp³-hybridized carbons (Fsp3) is 0.667. The summed E-state index contributed by atoms with van der Waals surface area (Å²) in [5, 5.41) is 0. The number of amides is 2. The normalized spacial score (nSPS) is 11.2. The Morgan fingerprint density at radius 1 is 1.25 bits per heavy atom. The van der Waals surface area contributed by atoms with Crippen molar-refractivity contribution < 1.29 is 9.59 Å². The summed E-state index contributed by atoms with van der Waals surface area (Å²) in [7, 11) is 0. The number of rotatable bonds is 5. The molecular formula is C6H10Cl2N2O2. The summed E-state index contributed by atoms with van der Waals surface area (Å²) >= 11 is 11.0. The fourth-order valence-electron chi connectivity index (χ4n) is 0.608. The third kappa shape index (κ3) is 4.41. The second-order valence-corrected chi connectivity index (χ2v) is 3.87. The predicted molar refractivity (Wildman–Crippen MR) is 46.7 cm³/mol. The topological polar surface area (TPSA) is 86.2 Å². The lowest BCUT2D eigenvalue weighted by atomic mass is 10.2. The molecule has 70 valence electrons. The van der Waals surface area contributed by atoms with Crippen molar-refractivity contribution in [3.63, 3.8) is 0 Å². The zero-order chi connectivity index (χ0) is 9.78. The highest BCUT2D eigenvalue weighted by Crippen LogP contribution is 2.26. The monoisotopic (exact) mass is 212 g/mol. The average Bonchev–Trinajstić information content (AvgIpc) is 1.85. The standard InChI is InChI=1S/C6H10Cl2N2O2/c7-6(8,5(10)12)3-1-2-4(9)11/h1-3H2,(H2,9,11)(H2,10,12). The zero-order valence-corrected chi connectivity index (χ0v) is 7.86. The molecule has 6 heteroatoms. The minimum Gasteiger partial charge on any atom is -0.370 e. The Kier molecular flexibility index (Phi) is 4.34. The van der Waals surface area contributed by atoms with Crippen molar-refractivity contribution in [2.75, 3.05) is 0 Å². The largest absolute Gasteiger partial charge is 0.370 e. The molecule has 0 saturated heterocycles. The fourth-order valence-corrected chi connectivity index (χ4v) is 0.875. The smallest absolute Gasteiger partial charge is 0.253 e. The molecule has 12 heavy (non-hydrogen) atoms. The van der Waals surface area contributed by atoms with E-state index in [0.717, 1.165) is 0 Å². The lowest BCUT2D eigenvalue weighted by Crippen LogP contribution is -2.33. The molecule has 4 nitrogen and oxygen atoms in total. The molecule has 4 N–H and O–H groups in total. The van der Waals surface area contributed by atoms with E-state index in [4.69, 9.17) is 34.7 Å². The molecule has 0 aromatic carbocycles. The van der Waals surface area contributed by atoms with Gasteiger partial charge in [-0.1, -0.05) is 23.2 Å². The van der Waals surface area contributed by atoms with E-state index < -0.39 is 16.1 Å². The number of nitrogens with two attached hydrogens (primary N) is 2. The van der Waals surface area contributed by atoms with Gasteiger partial charge >= 0.3 is 0 Å². The molecule has 0 aromatic heterocycles. The number of primary amides is 2. The second kappa shape index (κ2) is 4.52. The summed E-state index contributed by atoms with van der Waals surface area (Å²) in [5.41, 5.74) is 9.72. The molecule has 0 aliphatic rings. The van der Waals surface area contributed by atoms with Crippen LogP contribution in [0.2, 0.25) is 0 Å². The van der Waals surface area contributed by atoms with Gasteiger partial charge in [-0.05, 0) is 12.8 Å². The lowest BCUT2D eigenvalue weighted by Gasteiger charge is -2.13. The number of hydrogen-bond acceptors (Lipinski definition) is 2. The van der Waals surface area contributed by atoms with E-state index >= 15 is 0 Å². The van der Waals surface area contributed by atoms with Gasteiger partial charge in [0.1, 0.15) is 0 Å². The third-order valence-electron chi connectivity index (χ3n) is 1.27. The molecule has 0 fully saturated rings. The molecular weight excluding hydrogens is 203 g/mol. The molecule has 0 aliphatic heterocycles. The summed E-state index contributed by atoms with van der Waals surface area (Å²) in [5.74, 6) is -1.26. The van der Waals surface area contributed by atoms with Gasteiger partial charge in [0, 0.05) is 6.42 Å². The third-order valence-corrected chi connectivity index (χ3v) is 2.02. The number of carbonyl (C=O) groups excluding carboxylic acids is 2. The first-order valence-corrected chi connectivity index (χ1v) is 4.08. The van der Waals surface area contributed by atoms with Crippen LogP contribution in [-0.2, 0) is 9.59 Å². The van der Waals surface area contributed by atoms with Gasteiger partial charge in [0.15, 0.2) is 4.33 Å². The Balaban J connectivity index is 3.76. The number of halogens is 2. The van der Waals surface area contributed by atoms with Crippen LogP contribution in [0.15, 0.2) is 0 Å². The van der Waals surface area contributed by atoms with Gasteiger partial charge in [-0.25, -0.2) is 0 Å². The Morgan fingerprint density at radius 3 is 2.08 bits per heavy atom. The van der Waals surface area contributed by atoms with Gasteiger partial charge in [0.2, 0.25) is 5.91 Å². The maximum atomic E-state index is 10.5. The van der Waals surface area contributed by atoms with E-state index in [0.29, 0.717) is 6.42 Å². The van der Waals surface area contributed by atoms with Gasteiger partial charge in [0.05, 0.1) is 0 Å². The van der Waals surface area contributed by atoms with Crippen LogP contribution in [0.3, 0.4) is 0 Å². The van der Waals surface area contributed by atoms with Crippen LogP contribution in [0.1, 0.15) is 19.3 Å². The highest BCUT2D eigenvalue weighted by Gasteiger charge is 2.30. The summed E-state index contributed by atoms with van der Waals surface area (Å²) in [6.07, 6.45) is 0.633. The van der Waals surface area contributed by atoms with E-state index in [1.165, 1.54) is 0 Å². The van der Waals surface area contributed by atoms with Crippen molar-refractivity contribution in [1.29, 1.82) is 0 Å². The van der Waals surface area contributed by atoms with Gasteiger partial charge < -0.3 is 11.5 Å². The van der Waals surface area contributed by atoms with Crippen LogP contribution < -0.4 is 11.5 Å². The van der Waals surface area contributed by atoms with Gasteiger partial charge in [0.25, 0.3) is 5.91 Å². The van der Waals surface area contributed by atoms with E-state index in [-0.39, 0.29) is 12.8 Å². The zero-order valence-electron chi connectivity index (χ0n) is 6.35. The first-order chi connectivity index (χ1) is 5.36. The first-order valence-electron chi connectivity index (χ1n) is 3.32. The molecule has 0 saturated carbocycles. The molecule has 0 aliphatic carbocycles. The van der Waals surface area contributed by atoms with E-state index in [9.17, 15) is 9.59 Å². The van der Waals surface area contributed by atoms with Crippen LogP contribution in [0.4, 0.5) is 0 Å². The van der Waals surface area contributed by atoms with Crippen molar-refractivity contribution in [1.82, 2.24) is 0 Å². The summed E-state index contributed by atoms with van der Waals surface area (Å²) in [4.78, 5) is 20.8. The van der Waals surface area contributed by atoms with E-state index in [2.05, 4.69) is 0 Å². The van der Waals surface area contributed by atoms with Crippen LogP contribution in [0.5, 0.6) is 0 Å². The minimum absolute atomic E-state index is 0.133. The SMILES string of the molecule is NC(=O)CCCC(Cl)(Cl)C(N)=O. The summed E-state index contributed by atoms with van der Waals surface area (Å²) in [6, 6.07) is 0. The maximum absolute atomic E-state index is 10.5. The van der Waals surface area contributed by atoms with Crippen molar-refractivity contribution >= 4 is 35.0 Å². The molecule has 0 spiro atoms. The summed E-state index contributed by atoms with van der Waals surface area (Å²) < 4.78 is -1.59. The highest BCUT2D eigenvalue weighted by atomic mass is 35.5. The summed E-state index contributed by atoms with van der Waals surface area (Å²) in [6.45, 7) is 0. The van der Waals surface area contributed by atoms with Crippen molar-refractivity contribution in [2.24, 2.45) is 11.5 Å². The molecule has 0 heterocycles. The molecule has 0 atom stereocenters. The minimum atomic E-state index is -1.59. The Bertz CT molecular complexity index is 194. The lowest BCUT2D eigenvalue weighted by molar-refractivity contribution is -0.120. The van der Waals surface area contributed by atoms with Gasteiger partial charge in [-0.15, -0.1) is 0 Å². The van der Waals surface area contributed by atoms with Crippen molar-refractivity contribution in [3.8, 4) is 0 Å². The average molecular weight is 213 g/mol. The number of alkyl halides is 2. The number of hydrogen-bond donors (Lipinski definition) is 2. The molecule has 0 radical (unpaired) electrons. The first kappa shape index (κ1) is 11.5. The highest BCUT2D eigenvalue weighted by molar-refractivity contribution is 6.57. The predicted octanol–water partition coefficient (Wildman–Crippen LogP) is 0.301. The van der Waals surface area contributed by atoms with E-state index in [1.54, 1.807) is 0 Å². The molecule has 0 aromatic rings. The van der Waals surface area contributed by atoms with Crippen molar-refractivity contribution in [3.05, 3.63) is 0 Å². The van der Waals surface area contributed by atoms with Crippen LogP contribution >= 0.6 is 23.2 Å². The van der Waals surface area contributed by atoms with Crippen LogP contribution in [0.25, 0.3) is 0 Å². The molecule has 0 unspecified atom stereocenters. The Morgan fingerprint density at radius 2 is 1.75 bits per heavy atom. The van der Waals surface area contributed by atoms with Crippen LogP contribution in [0, 0.1) is 0 Å². The maximum Gasteiger partial charge on any atom is 0.253 e. The van der Waals surface area contributed by atoms with Gasteiger partial charge in [-0.2, -0.15) is 0 Å². The molecule has 0 bridgehead atoms. The quantitative estimate of drug-likeness (QED) is 0.643.